The Morgan fingerprint density at radius 1 is 1.11 bits per heavy atom. The molecule has 2 aromatic carbocycles. The molecule has 2 heterocycles. The van der Waals surface area contributed by atoms with Crippen LogP contribution in [0.4, 0.5) is 10.1 Å². The lowest BCUT2D eigenvalue weighted by molar-refractivity contribution is 0.101. The molecule has 0 saturated carbocycles. The normalized spacial score (nSPS) is 10.8. The number of hydrogen-bond donors (Lipinski definition) is 2. The minimum absolute atomic E-state index is 0.0148. The van der Waals surface area contributed by atoms with Crippen molar-refractivity contribution in [3.05, 3.63) is 71.8 Å². The van der Waals surface area contributed by atoms with E-state index in [1.54, 1.807) is 37.3 Å². The van der Waals surface area contributed by atoms with Gasteiger partial charge in [-0.05, 0) is 50.2 Å². The Morgan fingerprint density at radius 3 is 2.61 bits per heavy atom. The van der Waals surface area contributed by atoms with Gasteiger partial charge in [-0.2, -0.15) is 5.10 Å². The summed E-state index contributed by atoms with van der Waals surface area (Å²) in [4.78, 5) is 21.1. The first-order chi connectivity index (χ1) is 13.5. The molecule has 28 heavy (non-hydrogen) atoms. The molecule has 9 heteroatoms. The zero-order chi connectivity index (χ0) is 19.7. The maximum atomic E-state index is 13.1. The van der Waals surface area contributed by atoms with Crippen LogP contribution in [0.15, 0.2) is 48.5 Å². The van der Waals surface area contributed by atoms with Crippen LogP contribution in [-0.2, 0) is 0 Å². The van der Waals surface area contributed by atoms with Crippen LogP contribution in [0.5, 0.6) is 0 Å². The maximum Gasteiger partial charge on any atom is 0.295 e. The number of halogens is 1. The summed E-state index contributed by atoms with van der Waals surface area (Å²) in [6.45, 7) is 3.53. The molecule has 0 saturated heterocycles. The lowest BCUT2D eigenvalue weighted by Gasteiger charge is -2.04. The van der Waals surface area contributed by atoms with Crippen molar-refractivity contribution in [3.63, 3.8) is 0 Å². The third-order valence-electron chi connectivity index (χ3n) is 4.02. The highest BCUT2D eigenvalue weighted by Gasteiger charge is 2.16. The number of aromatic nitrogens is 6. The van der Waals surface area contributed by atoms with Crippen LogP contribution in [-0.4, -0.2) is 35.9 Å². The number of aromatic amines is 1. The van der Waals surface area contributed by atoms with Crippen LogP contribution in [0.25, 0.3) is 17.1 Å². The molecule has 4 rings (SSSR count). The summed E-state index contributed by atoms with van der Waals surface area (Å²) in [5, 5.41) is 13.9. The van der Waals surface area contributed by atoms with Crippen molar-refractivity contribution < 1.29 is 9.18 Å². The van der Waals surface area contributed by atoms with Crippen LogP contribution in [0.2, 0.25) is 0 Å². The summed E-state index contributed by atoms with van der Waals surface area (Å²) < 4.78 is 14.6. The van der Waals surface area contributed by atoms with Gasteiger partial charge in [0.25, 0.3) is 5.91 Å². The molecule has 0 aliphatic heterocycles. The second-order valence-corrected chi connectivity index (χ2v) is 6.15. The topological polar surface area (TPSA) is 101 Å². The third-order valence-corrected chi connectivity index (χ3v) is 4.02. The Hall–Kier alpha value is -3.88. The summed E-state index contributed by atoms with van der Waals surface area (Å²) in [6.07, 6.45) is 0. The summed E-state index contributed by atoms with van der Waals surface area (Å²) in [6, 6.07) is 13.0. The first-order valence-corrected chi connectivity index (χ1v) is 8.50. The van der Waals surface area contributed by atoms with Gasteiger partial charge in [-0.25, -0.2) is 19.0 Å². The summed E-state index contributed by atoms with van der Waals surface area (Å²) in [7, 11) is 0. The molecule has 2 aromatic heterocycles. The smallest absolute Gasteiger partial charge is 0.295 e. The van der Waals surface area contributed by atoms with E-state index in [1.165, 1.54) is 16.8 Å². The standard InChI is InChI=1S/C19H16FN7O/c1-11-21-17(25-24-11)13-4-3-5-15(10-13)23-19(28)18-22-12(2)27(26-18)16-8-6-14(20)7-9-16/h3-10H,1-2H3,(H,23,28)(H,21,24,25). The largest absolute Gasteiger partial charge is 0.319 e. The molecule has 2 N–H and O–H groups in total. The Balaban J connectivity index is 1.56. The maximum absolute atomic E-state index is 13.1. The number of anilines is 1. The fourth-order valence-corrected chi connectivity index (χ4v) is 2.71. The predicted octanol–water partition coefficient (Wildman–Crippen LogP) is 3.06. The van der Waals surface area contributed by atoms with E-state index < -0.39 is 5.91 Å². The van der Waals surface area contributed by atoms with Gasteiger partial charge in [0, 0.05) is 11.3 Å². The van der Waals surface area contributed by atoms with E-state index in [0.29, 0.717) is 28.8 Å². The Kier molecular flexibility index (Phi) is 4.40. The average Bonchev–Trinajstić information content (AvgIpc) is 3.29. The summed E-state index contributed by atoms with van der Waals surface area (Å²) in [5.41, 5.74) is 1.95. The number of nitrogens with one attached hydrogen (secondary N) is 2. The number of aryl methyl sites for hydroxylation is 2. The van der Waals surface area contributed by atoms with E-state index in [9.17, 15) is 9.18 Å². The van der Waals surface area contributed by atoms with Gasteiger partial charge in [0.1, 0.15) is 17.5 Å². The lowest BCUT2D eigenvalue weighted by Crippen LogP contribution is -2.14. The van der Waals surface area contributed by atoms with Crippen LogP contribution in [0.1, 0.15) is 22.3 Å². The summed E-state index contributed by atoms with van der Waals surface area (Å²) >= 11 is 0. The van der Waals surface area contributed by atoms with Gasteiger partial charge in [-0.3, -0.25) is 9.89 Å². The van der Waals surface area contributed by atoms with Gasteiger partial charge in [-0.1, -0.05) is 12.1 Å². The molecule has 0 unspecified atom stereocenters. The number of carbonyl (C=O) groups excluding carboxylic acids is 1. The predicted molar refractivity (Wildman–Crippen MR) is 101 cm³/mol. The molecule has 1 amide bonds. The van der Waals surface area contributed by atoms with Gasteiger partial charge < -0.3 is 5.32 Å². The molecule has 0 aliphatic carbocycles. The fraction of sp³-hybridized carbons (Fsp3) is 0.105. The fourth-order valence-electron chi connectivity index (χ4n) is 2.71. The highest BCUT2D eigenvalue weighted by Crippen LogP contribution is 2.20. The SMILES string of the molecule is Cc1nc(-c2cccc(NC(=O)c3nc(C)n(-c4ccc(F)cc4)n3)c2)n[nH]1. The van der Waals surface area contributed by atoms with Crippen molar-refractivity contribution in [2.75, 3.05) is 5.32 Å². The molecule has 8 nitrogen and oxygen atoms in total. The van der Waals surface area contributed by atoms with Gasteiger partial charge in [0.2, 0.25) is 5.82 Å². The van der Waals surface area contributed by atoms with E-state index in [1.807, 2.05) is 13.0 Å². The monoisotopic (exact) mass is 377 g/mol. The molecule has 0 fully saturated rings. The Labute approximate surface area is 159 Å². The van der Waals surface area contributed by atoms with Gasteiger partial charge in [0.15, 0.2) is 5.82 Å². The molecule has 0 radical (unpaired) electrons. The van der Waals surface area contributed by atoms with Gasteiger partial charge in [0.05, 0.1) is 5.69 Å². The van der Waals surface area contributed by atoms with Crippen LogP contribution in [0, 0.1) is 19.7 Å². The molecular formula is C19H16FN7O. The molecule has 0 atom stereocenters. The molecule has 0 spiro atoms. The minimum atomic E-state index is -0.452. The third kappa shape index (κ3) is 3.50. The number of amides is 1. The molecule has 4 aromatic rings. The van der Waals surface area contributed by atoms with Crippen molar-refractivity contribution in [2.24, 2.45) is 0 Å². The highest BCUT2D eigenvalue weighted by molar-refractivity contribution is 6.01. The first-order valence-electron chi connectivity index (χ1n) is 8.50. The van der Waals surface area contributed by atoms with E-state index >= 15 is 0 Å². The Morgan fingerprint density at radius 2 is 1.89 bits per heavy atom. The number of nitrogens with zero attached hydrogens (tertiary/aromatic N) is 5. The minimum Gasteiger partial charge on any atom is -0.319 e. The molecule has 140 valence electrons. The van der Waals surface area contributed by atoms with Crippen LogP contribution < -0.4 is 5.32 Å². The molecular weight excluding hydrogens is 361 g/mol. The van der Waals surface area contributed by atoms with Crippen molar-refractivity contribution in [1.29, 1.82) is 0 Å². The molecule has 0 aliphatic rings. The first kappa shape index (κ1) is 17.5. The number of hydrogen-bond acceptors (Lipinski definition) is 5. The number of benzene rings is 2. The van der Waals surface area contributed by atoms with Gasteiger partial charge in [-0.15, -0.1) is 5.10 Å². The van der Waals surface area contributed by atoms with Crippen molar-refractivity contribution >= 4 is 11.6 Å². The zero-order valence-corrected chi connectivity index (χ0v) is 15.1. The van der Waals surface area contributed by atoms with E-state index in [-0.39, 0.29) is 11.6 Å². The number of rotatable bonds is 4. The van der Waals surface area contributed by atoms with E-state index in [0.717, 1.165) is 5.56 Å². The van der Waals surface area contributed by atoms with Crippen molar-refractivity contribution in [3.8, 4) is 17.1 Å². The average molecular weight is 377 g/mol. The number of H-pyrrole nitrogens is 1. The highest BCUT2D eigenvalue weighted by atomic mass is 19.1. The second kappa shape index (κ2) is 7.03. The van der Waals surface area contributed by atoms with Crippen LogP contribution in [0.3, 0.4) is 0 Å². The molecule has 0 bridgehead atoms. The lowest BCUT2D eigenvalue weighted by atomic mass is 10.2. The van der Waals surface area contributed by atoms with Crippen LogP contribution >= 0.6 is 0 Å². The number of carbonyl (C=O) groups is 1. The zero-order valence-electron chi connectivity index (χ0n) is 15.1. The quantitative estimate of drug-likeness (QED) is 0.569. The second-order valence-electron chi connectivity index (χ2n) is 6.15. The van der Waals surface area contributed by atoms with E-state index in [2.05, 4.69) is 30.6 Å². The van der Waals surface area contributed by atoms with E-state index in [4.69, 9.17) is 0 Å². The van der Waals surface area contributed by atoms with Crippen molar-refractivity contribution in [2.45, 2.75) is 13.8 Å². The van der Waals surface area contributed by atoms with Crippen molar-refractivity contribution in [1.82, 2.24) is 29.9 Å². The Bertz CT molecular complexity index is 1150. The van der Waals surface area contributed by atoms with Gasteiger partial charge >= 0.3 is 0 Å². The summed E-state index contributed by atoms with van der Waals surface area (Å²) in [5.74, 6) is 0.981.